The molecule has 96 valence electrons. The first kappa shape index (κ1) is 13.1. The van der Waals surface area contributed by atoms with E-state index < -0.39 is 0 Å². The van der Waals surface area contributed by atoms with Gasteiger partial charge < -0.3 is 10.2 Å². The molecule has 1 saturated carbocycles. The van der Waals surface area contributed by atoms with Crippen LogP contribution in [0.5, 0.6) is 0 Å². The number of likely N-dealkylation sites (N-methyl/N-ethyl adjacent to an activating group) is 1. The lowest BCUT2D eigenvalue weighted by atomic mass is 10.2. The highest BCUT2D eigenvalue weighted by Gasteiger charge is 2.20. The fraction of sp³-hybridized carbons (Fsp3) is 0.714. The van der Waals surface area contributed by atoms with Crippen molar-refractivity contribution in [3.63, 3.8) is 0 Å². The molecular formula is C14H24N2S. The van der Waals surface area contributed by atoms with Gasteiger partial charge in [-0.1, -0.05) is 6.07 Å². The molecule has 2 nitrogen and oxygen atoms in total. The van der Waals surface area contributed by atoms with Crippen LogP contribution >= 0.6 is 11.3 Å². The van der Waals surface area contributed by atoms with Crippen molar-refractivity contribution in [3.8, 4) is 0 Å². The molecule has 1 fully saturated rings. The minimum absolute atomic E-state index is 0.636. The van der Waals surface area contributed by atoms with Gasteiger partial charge in [0.1, 0.15) is 0 Å². The quantitative estimate of drug-likeness (QED) is 0.716. The summed E-state index contributed by atoms with van der Waals surface area (Å²) >= 11 is 1.87. The van der Waals surface area contributed by atoms with E-state index in [4.69, 9.17) is 0 Å². The van der Waals surface area contributed by atoms with E-state index in [-0.39, 0.29) is 0 Å². The van der Waals surface area contributed by atoms with Gasteiger partial charge in [-0.25, -0.2) is 0 Å². The fourth-order valence-corrected chi connectivity index (χ4v) is 2.81. The van der Waals surface area contributed by atoms with Gasteiger partial charge in [0.2, 0.25) is 0 Å². The summed E-state index contributed by atoms with van der Waals surface area (Å²) in [5, 5.41) is 5.72. The third kappa shape index (κ3) is 4.78. The summed E-state index contributed by atoms with van der Waals surface area (Å²) in [4.78, 5) is 3.95. The van der Waals surface area contributed by atoms with Gasteiger partial charge in [0.15, 0.2) is 0 Å². The molecule has 1 aromatic heterocycles. The Morgan fingerprint density at radius 2 is 2.35 bits per heavy atom. The molecular weight excluding hydrogens is 228 g/mol. The molecule has 0 bridgehead atoms. The standard InChI is InChI=1S/C14H24N2S/c1-12(10-14-4-3-9-17-14)16(2)8-7-15-11-13-5-6-13/h3-4,9,12-13,15H,5-8,10-11H2,1-2H3. The van der Waals surface area contributed by atoms with E-state index in [0.717, 1.165) is 19.0 Å². The molecule has 1 aliphatic carbocycles. The Hall–Kier alpha value is -0.380. The largest absolute Gasteiger partial charge is 0.315 e. The Kier molecular flexibility index (Phi) is 5.01. The second-order valence-electron chi connectivity index (χ2n) is 5.26. The molecule has 1 unspecified atom stereocenters. The SMILES string of the molecule is CC(Cc1cccs1)N(C)CCNCC1CC1. The summed E-state index contributed by atoms with van der Waals surface area (Å²) in [7, 11) is 2.23. The van der Waals surface area contributed by atoms with E-state index in [2.05, 4.69) is 41.7 Å². The van der Waals surface area contributed by atoms with Crippen molar-refractivity contribution in [3.05, 3.63) is 22.4 Å². The van der Waals surface area contributed by atoms with Gasteiger partial charge in [0, 0.05) is 24.0 Å². The maximum absolute atomic E-state index is 3.55. The molecule has 1 atom stereocenters. The van der Waals surface area contributed by atoms with Crippen LogP contribution in [0.15, 0.2) is 17.5 Å². The molecule has 1 aromatic rings. The third-order valence-electron chi connectivity index (χ3n) is 3.60. The van der Waals surface area contributed by atoms with E-state index >= 15 is 0 Å². The maximum atomic E-state index is 3.55. The zero-order valence-corrected chi connectivity index (χ0v) is 11.8. The second-order valence-corrected chi connectivity index (χ2v) is 6.29. The predicted molar refractivity (Wildman–Crippen MR) is 75.7 cm³/mol. The summed E-state index contributed by atoms with van der Waals surface area (Å²) in [6, 6.07) is 5.01. The molecule has 0 spiro atoms. The van der Waals surface area contributed by atoms with Crippen molar-refractivity contribution in [2.45, 2.75) is 32.2 Å². The Morgan fingerprint density at radius 1 is 1.53 bits per heavy atom. The van der Waals surface area contributed by atoms with Crippen molar-refractivity contribution in [1.29, 1.82) is 0 Å². The predicted octanol–water partition coefficient (Wildman–Crippen LogP) is 2.61. The highest BCUT2D eigenvalue weighted by atomic mass is 32.1. The zero-order chi connectivity index (χ0) is 12.1. The van der Waals surface area contributed by atoms with E-state index in [1.54, 1.807) is 0 Å². The molecule has 0 saturated heterocycles. The molecule has 0 aliphatic heterocycles. The van der Waals surface area contributed by atoms with Crippen LogP contribution in [-0.4, -0.2) is 37.6 Å². The average Bonchev–Trinajstić information content (AvgIpc) is 3.01. The summed E-state index contributed by atoms with van der Waals surface area (Å²) < 4.78 is 0. The number of hydrogen-bond donors (Lipinski definition) is 1. The minimum Gasteiger partial charge on any atom is -0.315 e. The molecule has 1 N–H and O–H groups in total. The first-order valence-electron chi connectivity index (χ1n) is 6.69. The van der Waals surface area contributed by atoms with Crippen molar-refractivity contribution < 1.29 is 0 Å². The summed E-state index contributed by atoms with van der Waals surface area (Å²) in [5.41, 5.74) is 0. The van der Waals surface area contributed by atoms with Gasteiger partial charge in [-0.15, -0.1) is 11.3 Å². The van der Waals surface area contributed by atoms with E-state index in [9.17, 15) is 0 Å². The van der Waals surface area contributed by atoms with Crippen molar-refractivity contribution >= 4 is 11.3 Å². The van der Waals surface area contributed by atoms with E-state index in [0.29, 0.717) is 6.04 Å². The van der Waals surface area contributed by atoms with Crippen LogP contribution in [0.3, 0.4) is 0 Å². The molecule has 0 amide bonds. The normalized spacial score (nSPS) is 17.6. The first-order valence-corrected chi connectivity index (χ1v) is 7.57. The van der Waals surface area contributed by atoms with Gasteiger partial charge in [-0.2, -0.15) is 0 Å². The first-order chi connectivity index (χ1) is 8.25. The molecule has 2 rings (SSSR count). The lowest BCUT2D eigenvalue weighted by Crippen LogP contribution is -2.36. The van der Waals surface area contributed by atoms with Crippen LogP contribution < -0.4 is 5.32 Å². The fourth-order valence-electron chi connectivity index (χ4n) is 1.98. The van der Waals surface area contributed by atoms with Crippen molar-refractivity contribution in [2.24, 2.45) is 5.92 Å². The molecule has 0 radical (unpaired) electrons. The average molecular weight is 252 g/mol. The van der Waals surface area contributed by atoms with Gasteiger partial charge in [-0.05, 0) is 57.1 Å². The molecule has 0 aromatic carbocycles. The summed E-state index contributed by atoms with van der Waals surface area (Å²) in [6.07, 6.45) is 4.06. The number of rotatable bonds is 8. The van der Waals surface area contributed by atoms with Crippen LogP contribution in [0.4, 0.5) is 0 Å². The van der Waals surface area contributed by atoms with Crippen molar-refractivity contribution in [2.75, 3.05) is 26.7 Å². The highest BCUT2D eigenvalue weighted by Crippen LogP contribution is 2.27. The monoisotopic (exact) mass is 252 g/mol. The van der Waals surface area contributed by atoms with Crippen LogP contribution in [0.2, 0.25) is 0 Å². The highest BCUT2D eigenvalue weighted by molar-refractivity contribution is 7.09. The van der Waals surface area contributed by atoms with Crippen LogP contribution in [0.25, 0.3) is 0 Å². The molecule has 1 aliphatic rings. The van der Waals surface area contributed by atoms with Gasteiger partial charge in [0.25, 0.3) is 0 Å². The number of nitrogens with zero attached hydrogens (tertiary/aromatic N) is 1. The topological polar surface area (TPSA) is 15.3 Å². The van der Waals surface area contributed by atoms with E-state index in [1.807, 2.05) is 11.3 Å². The van der Waals surface area contributed by atoms with Gasteiger partial charge in [0.05, 0.1) is 0 Å². The Labute approximate surface area is 109 Å². The van der Waals surface area contributed by atoms with Crippen molar-refractivity contribution in [1.82, 2.24) is 10.2 Å². The van der Waals surface area contributed by atoms with E-state index in [1.165, 1.54) is 30.7 Å². The third-order valence-corrected chi connectivity index (χ3v) is 4.50. The smallest absolute Gasteiger partial charge is 0.0113 e. The minimum atomic E-state index is 0.636. The second kappa shape index (κ2) is 6.53. The summed E-state index contributed by atoms with van der Waals surface area (Å²) in [5.74, 6) is 0.990. The van der Waals surface area contributed by atoms with Gasteiger partial charge >= 0.3 is 0 Å². The molecule has 1 heterocycles. The Morgan fingerprint density at radius 3 is 3.00 bits per heavy atom. The Balaban J connectivity index is 1.58. The lowest BCUT2D eigenvalue weighted by molar-refractivity contribution is 0.256. The number of thiophene rings is 1. The van der Waals surface area contributed by atoms with Crippen LogP contribution in [-0.2, 0) is 6.42 Å². The lowest BCUT2D eigenvalue weighted by Gasteiger charge is -2.24. The summed E-state index contributed by atoms with van der Waals surface area (Å²) in [6.45, 7) is 5.83. The number of hydrogen-bond acceptors (Lipinski definition) is 3. The molecule has 17 heavy (non-hydrogen) atoms. The van der Waals surface area contributed by atoms with Crippen LogP contribution in [0.1, 0.15) is 24.6 Å². The molecule has 3 heteroatoms. The zero-order valence-electron chi connectivity index (χ0n) is 11.0. The maximum Gasteiger partial charge on any atom is 0.0113 e. The Bertz CT molecular complexity index is 306. The van der Waals surface area contributed by atoms with Crippen LogP contribution in [0, 0.1) is 5.92 Å². The number of nitrogens with one attached hydrogen (secondary N) is 1. The van der Waals surface area contributed by atoms with Gasteiger partial charge in [-0.3, -0.25) is 0 Å².